The van der Waals surface area contributed by atoms with E-state index in [0.717, 1.165) is 22.3 Å². The number of nitrogens with one attached hydrogen (secondary N) is 1. The van der Waals surface area contributed by atoms with Crippen molar-refractivity contribution in [1.29, 1.82) is 0 Å². The maximum Gasteiger partial charge on any atom is 0.407 e. The van der Waals surface area contributed by atoms with Gasteiger partial charge in [-0.25, -0.2) is 9.59 Å². The maximum absolute atomic E-state index is 12.3. The van der Waals surface area contributed by atoms with E-state index in [4.69, 9.17) is 9.47 Å². The predicted molar refractivity (Wildman–Crippen MR) is 116 cm³/mol. The minimum Gasteiger partial charge on any atom is -0.449 e. The van der Waals surface area contributed by atoms with Gasteiger partial charge in [-0.3, -0.25) is 10.1 Å². The number of carbonyl (C=O) groups is 2. The molecule has 0 spiro atoms. The Bertz CT molecular complexity index is 1130. The SMILES string of the molecule is C[C@@H](NC(=O)OCC1c2ccccc2-c2ccccc21)C(=O)Oc1ccc([N+](=O)[O-])cc1. The van der Waals surface area contributed by atoms with Gasteiger partial charge in [-0.1, -0.05) is 48.5 Å². The molecule has 8 heteroatoms. The van der Waals surface area contributed by atoms with Crippen molar-refractivity contribution in [2.75, 3.05) is 6.61 Å². The summed E-state index contributed by atoms with van der Waals surface area (Å²) in [6.45, 7) is 1.60. The highest BCUT2D eigenvalue weighted by atomic mass is 16.6. The van der Waals surface area contributed by atoms with Gasteiger partial charge in [0.05, 0.1) is 4.92 Å². The zero-order valence-electron chi connectivity index (χ0n) is 17.2. The lowest BCUT2D eigenvalue weighted by Gasteiger charge is -2.16. The Hall–Kier alpha value is -4.20. The van der Waals surface area contributed by atoms with Gasteiger partial charge in [0.25, 0.3) is 5.69 Å². The van der Waals surface area contributed by atoms with Gasteiger partial charge in [-0.2, -0.15) is 0 Å². The average molecular weight is 432 g/mol. The highest BCUT2D eigenvalue weighted by Crippen LogP contribution is 2.44. The number of alkyl carbamates (subject to hydrolysis) is 1. The first-order valence-corrected chi connectivity index (χ1v) is 10.0. The number of hydrogen-bond donors (Lipinski definition) is 1. The van der Waals surface area contributed by atoms with Gasteiger partial charge >= 0.3 is 12.1 Å². The van der Waals surface area contributed by atoms with Crippen LogP contribution in [0.4, 0.5) is 10.5 Å². The largest absolute Gasteiger partial charge is 0.449 e. The molecule has 0 unspecified atom stereocenters. The van der Waals surface area contributed by atoms with Gasteiger partial charge in [0.2, 0.25) is 0 Å². The topological polar surface area (TPSA) is 108 Å². The number of non-ortho nitro benzene ring substituents is 1. The molecule has 1 aliphatic rings. The van der Waals surface area contributed by atoms with Crippen molar-refractivity contribution in [3.05, 3.63) is 94.0 Å². The van der Waals surface area contributed by atoms with Crippen LogP contribution in [0.1, 0.15) is 24.0 Å². The first-order valence-electron chi connectivity index (χ1n) is 10.0. The summed E-state index contributed by atoms with van der Waals surface area (Å²) >= 11 is 0. The molecule has 3 aromatic carbocycles. The Morgan fingerprint density at radius 3 is 2.09 bits per heavy atom. The fourth-order valence-electron chi connectivity index (χ4n) is 3.72. The van der Waals surface area contributed by atoms with Crippen molar-refractivity contribution < 1.29 is 24.0 Å². The molecule has 1 aliphatic carbocycles. The lowest BCUT2D eigenvalue weighted by atomic mass is 9.98. The standard InChI is InChI=1S/C24H20N2O6/c1-15(23(27)32-17-12-10-16(11-13-17)26(29)30)25-24(28)31-14-22-20-8-4-2-6-18(20)19-7-3-5-9-21(19)22/h2-13,15,22H,14H2,1H3,(H,25,28)/t15-/m1/s1. The van der Waals surface area contributed by atoms with Crippen LogP contribution in [-0.4, -0.2) is 29.6 Å². The third-order valence-electron chi connectivity index (χ3n) is 5.30. The van der Waals surface area contributed by atoms with E-state index in [9.17, 15) is 19.7 Å². The molecule has 0 saturated carbocycles. The van der Waals surface area contributed by atoms with Gasteiger partial charge in [0.15, 0.2) is 0 Å². The first-order chi connectivity index (χ1) is 15.4. The molecule has 1 N–H and O–H groups in total. The van der Waals surface area contributed by atoms with Crippen LogP contribution in [0.3, 0.4) is 0 Å². The summed E-state index contributed by atoms with van der Waals surface area (Å²) < 4.78 is 10.6. The lowest BCUT2D eigenvalue weighted by Crippen LogP contribution is -2.41. The van der Waals surface area contributed by atoms with Crippen LogP contribution in [0.25, 0.3) is 11.1 Å². The third-order valence-corrected chi connectivity index (χ3v) is 5.30. The van der Waals surface area contributed by atoms with Crippen LogP contribution >= 0.6 is 0 Å². The third kappa shape index (κ3) is 4.29. The van der Waals surface area contributed by atoms with Crippen molar-refractivity contribution in [1.82, 2.24) is 5.32 Å². The number of nitro groups is 1. The van der Waals surface area contributed by atoms with Crippen molar-refractivity contribution in [3.8, 4) is 16.9 Å². The Kier molecular flexibility index (Phi) is 5.85. The molecule has 1 atom stereocenters. The van der Waals surface area contributed by atoms with Crippen LogP contribution < -0.4 is 10.1 Å². The van der Waals surface area contributed by atoms with E-state index in [1.165, 1.54) is 31.2 Å². The second-order valence-electron chi connectivity index (χ2n) is 7.36. The Balaban J connectivity index is 1.34. The van der Waals surface area contributed by atoms with Crippen LogP contribution in [0, 0.1) is 10.1 Å². The molecule has 4 rings (SSSR count). The normalized spacial score (nSPS) is 12.9. The summed E-state index contributed by atoms with van der Waals surface area (Å²) in [6.07, 6.45) is -0.736. The van der Waals surface area contributed by atoms with Crippen LogP contribution in [0.15, 0.2) is 72.8 Å². The van der Waals surface area contributed by atoms with Crippen molar-refractivity contribution >= 4 is 17.7 Å². The van der Waals surface area contributed by atoms with Gasteiger partial charge in [-0.15, -0.1) is 0 Å². The van der Waals surface area contributed by atoms with E-state index in [0.29, 0.717) is 0 Å². The lowest BCUT2D eigenvalue weighted by molar-refractivity contribution is -0.384. The number of benzene rings is 3. The molecule has 0 heterocycles. The minimum atomic E-state index is -0.971. The molecular formula is C24H20N2O6. The number of ether oxygens (including phenoxy) is 2. The number of hydrogen-bond acceptors (Lipinski definition) is 6. The molecule has 162 valence electrons. The molecule has 0 aromatic heterocycles. The van der Waals surface area contributed by atoms with E-state index in [1.54, 1.807) is 0 Å². The van der Waals surface area contributed by atoms with Gasteiger partial charge in [0, 0.05) is 18.1 Å². The smallest absolute Gasteiger partial charge is 0.407 e. The molecule has 0 aliphatic heterocycles. The van der Waals surface area contributed by atoms with E-state index in [-0.39, 0.29) is 24.0 Å². The Labute approximate surface area is 183 Å². The van der Waals surface area contributed by atoms with E-state index < -0.39 is 23.0 Å². The minimum absolute atomic E-state index is 0.0875. The summed E-state index contributed by atoms with van der Waals surface area (Å²) in [5.74, 6) is -0.662. The van der Waals surface area contributed by atoms with Crippen molar-refractivity contribution in [2.24, 2.45) is 0 Å². The van der Waals surface area contributed by atoms with Gasteiger partial charge in [-0.05, 0) is 41.3 Å². The summed E-state index contributed by atoms with van der Waals surface area (Å²) in [5, 5.41) is 13.2. The van der Waals surface area contributed by atoms with E-state index in [2.05, 4.69) is 5.32 Å². The number of rotatable bonds is 6. The van der Waals surface area contributed by atoms with Crippen LogP contribution in [0.5, 0.6) is 5.75 Å². The Morgan fingerprint density at radius 1 is 0.969 bits per heavy atom. The fourth-order valence-corrected chi connectivity index (χ4v) is 3.72. The van der Waals surface area contributed by atoms with Crippen LogP contribution in [0.2, 0.25) is 0 Å². The highest BCUT2D eigenvalue weighted by Gasteiger charge is 2.29. The number of nitro benzene ring substituents is 1. The quantitative estimate of drug-likeness (QED) is 0.267. The predicted octanol–water partition coefficient (Wildman–Crippen LogP) is 4.43. The average Bonchev–Trinajstić information content (AvgIpc) is 3.12. The molecule has 3 aromatic rings. The first kappa shape index (κ1) is 21.0. The molecule has 1 amide bonds. The zero-order chi connectivity index (χ0) is 22.7. The summed E-state index contributed by atoms with van der Waals surface area (Å²) in [6, 6.07) is 20.1. The summed E-state index contributed by atoms with van der Waals surface area (Å²) in [7, 11) is 0. The number of carbonyl (C=O) groups excluding carboxylic acids is 2. The molecule has 0 bridgehead atoms. The van der Waals surface area contributed by atoms with E-state index in [1.807, 2.05) is 48.5 Å². The molecular weight excluding hydrogens is 412 g/mol. The van der Waals surface area contributed by atoms with Crippen molar-refractivity contribution in [2.45, 2.75) is 18.9 Å². The highest BCUT2D eigenvalue weighted by molar-refractivity contribution is 5.83. The monoisotopic (exact) mass is 432 g/mol. The van der Waals surface area contributed by atoms with Crippen LogP contribution in [-0.2, 0) is 9.53 Å². The molecule has 0 fully saturated rings. The molecule has 0 radical (unpaired) electrons. The zero-order valence-corrected chi connectivity index (χ0v) is 17.2. The summed E-state index contributed by atoms with van der Waals surface area (Å²) in [4.78, 5) is 34.7. The molecule has 8 nitrogen and oxygen atoms in total. The number of nitrogens with zero attached hydrogens (tertiary/aromatic N) is 1. The van der Waals surface area contributed by atoms with Crippen molar-refractivity contribution in [3.63, 3.8) is 0 Å². The van der Waals surface area contributed by atoms with Gasteiger partial charge in [0.1, 0.15) is 18.4 Å². The summed E-state index contributed by atoms with van der Waals surface area (Å²) in [5.41, 5.74) is 4.31. The van der Waals surface area contributed by atoms with E-state index >= 15 is 0 Å². The molecule has 32 heavy (non-hydrogen) atoms. The number of esters is 1. The maximum atomic E-state index is 12.3. The number of amides is 1. The second-order valence-corrected chi connectivity index (χ2v) is 7.36. The van der Waals surface area contributed by atoms with Gasteiger partial charge < -0.3 is 14.8 Å². The number of fused-ring (bicyclic) bond motifs is 3. The fraction of sp³-hybridized carbons (Fsp3) is 0.167. The Morgan fingerprint density at radius 2 is 1.53 bits per heavy atom. The molecule has 0 saturated heterocycles. The second kappa shape index (κ2) is 8.89.